The molecule has 0 aromatic heterocycles. The number of nitrogens with one attached hydrogen (secondary N) is 1. The molecule has 2 rings (SSSR count). The Balaban J connectivity index is 2.04. The molecule has 1 heterocycles. The third kappa shape index (κ3) is 2.96. The van der Waals surface area contributed by atoms with Crippen molar-refractivity contribution >= 4 is 5.69 Å². The summed E-state index contributed by atoms with van der Waals surface area (Å²) >= 11 is 0. The molecule has 1 aliphatic heterocycles. The first kappa shape index (κ1) is 12.8. The quantitative estimate of drug-likeness (QED) is 0.825. The highest BCUT2D eigenvalue weighted by Gasteiger charge is 2.16. The van der Waals surface area contributed by atoms with Crippen molar-refractivity contribution in [3.63, 3.8) is 0 Å². The molecule has 0 amide bonds. The van der Waals surface area contributed by atoms with Crippen LogP contribution in [0.2, 0.25) is 0 Å². The van der Waals surface area contributed by atoms with Crippen molar-refractivity contribution in [1.82, 2.24) is 4.90 Å². The molecular weight excluding hydrogens is 224 g/mol. The maximum absolute atomic E-state index is 5.48. The summed E-state index contributed by atoms with van der Waals surface area (Å²) in [6.07, 6.45) is 7.83. The molecule has 1 aromatic rings. The molecule has 0 atom stereocenters. The van der Waals surface area contributed by atoms with Crippen LogP contribution in [-0.2, 0) is 0 Å². The summed E-state index contributed by atoms with van der Waals surface area (Å²) in [6.45, 7) is 2.30. The third-order valence-electron chi connectivity index (χ3n) is 3.44. The highest BCUT2D eigenvalue weighted by atomic mass is 16.5. The summed E-state index contributed by atoms with van der Waals surface area (Å²) in [4.78, 5) is 2.36. The van der Waals surface area contributed by atoms with Gasteiger partial charge in [-0.1, -0.05) is 5.92 Å². The second-order valence-electron chi connectivity index (χ2n) is 4.78. The van der Waals surface area contributed by atoms with Crippen molar-refractivity contribution in [2.75, 3.05) is 32.6 Å². The highest BCUT2D eigenvalue weighted by Crippen LogP contribution is 2.23. The molecule has 1 N–H and O–H groups in total. The standard InChI is InChI=1S/C15H20N2O/c1-4-12-11-14(5-6-15(12)18-3)16-13-7-9-17(2)10-8-13/h1,5-6,11,13,16H,7-10H2,2-3H3. The number of piperidine rings is 1. The Morgan fingerprint density at radius 3 is 2.72 bits per heavy atom. The monoisotopic (exact) mass is 244 g/mol. The van der Waals surface area contributed by atoms with E-state index in [0.29, 0.717) is 6.04 Å². The number of hydrogen-bond donors (Lipinski definition) is 1. The SMILES string of the molecule is C#Cc1cc(NC2CCN(C)CC2)ccc1OC. The summed E-state index contributed by atoms with van der Waals surface area (Å²) in [7, 11) is 3.81. The Hall–Kier alpha value is -1.66. The van der Waals surface area contributed by atoms with E-state index >= 15 is 0 Å². The smallest absolute Gasteiger partial charge is 0.134 e. The number of methoxy groups -OCH3 is 1. The number of anilines is 1. The zero-order valence-corrected chi connectivity index (χ0v) is 11.1. The van der Waals surface area contributed by atoms with E-state index < -0.39 is 0 Å². The maximum Gasteiger partial charge on any atom is 0.134 e. The van der Waals surface area contributed by atoms with E-state index in [1.165, 1.54) is 12.8 Å². The van der Waals surface area contributed by atoms with Gasteiger partial charge in [0.1, 0.15) is 5.75 Å². The van der Waals surface area contributed by atoms with E-state index in [2.05, 4.69) is 23.2 Å². The van der Waals surface area contributed by atoms with Crippen molar-refractivity contribution in [3.05, 3.63) is 23.8 Å². The van der Waals surface area contributed by atoms with Gasteiger partial charge in [-0.15, -0.1) is 6.42 Å². The van der Waals surface area contributed by atoms with Gasteiger partial charge < -0.3 is 15.0 Å². The van der Waals surface area contributed by atoms with Crippen LogP contribution in [0.3, 0.4) is 0 Å². The topological polar surface area (TPSA) is 24.5 Å². The van der Waals surface area contributed by atoms with Gasteiger partial charge in [0, 0.05) is 11.7 Å². The number of ether oxygens (including phenoxy) is 1. The third-order valence-corrected chi connectivity index (χ3v) is 3.44. The number of rotatable bonds is 3. The molecule has 0 spiro atoms. The minimum atomic E-state index is 0.542. The van der Waals surface area contributed by atoms with E-state index in [1.54, 1.807) is 7.11 Å². The first-order valence-corrected chi connectivity index (χ1v) is 6.32. The average Bonchev–Trinajstić information content (AvgIpc) is 2.41. The molecule has 1 saturated heterocycles. The van der Waals surface area contributed by atoms with Gasteiger partial charge in [0.05, 0.1) is 12.7 Å². The fourth-order valence-corrected chi connectivity index (χ4v) is 2.30. The van der Waals surface area contributed by atoms with Gasteiger partial charge in [0.25, 0.3) is 0 Å². The Labute approximate surface area is 109 Å². The van der Waals surface area contributed by atoms with Crippen LogP contribution < -0.4 is 10.1 Å². The van der Waals surface area contributed by atoms with Crippen LogP contribution in [0, 0.1) is 12.3 Å². The first-order chi connectivity index (χ1) is 8.72. The van der Waals surface area contributed by atoms with Crippen molar-refractivity contribution < 1.29 is 4.74 Å². The van der Waals surface area contributed by atoms with Crippen molar-refractivity contribution in [1.29, 1.82) is 0 Å². The minimum absolute atomic E-state index is 0.542. The fourth-order valence-electron chi connectivity index (χ4n) is 2.30. The molecule has 96 valence electrons. The zero-order chi connectivity index (χ0) is 13.0. The van der Waals surface area contributed by atoms with Gasteiger partial charge in [0.15, 0.2) is 0 Å². The zero-order valence-electron chi connectivity index (χ0n) is 11.1. The summed E-state index contributed by atoms with van der Waals surface area (Å²) in [6, 6.07) is 6.47. The van der Waals surface area contributed by atoms with E-state index in [9.17, 15) is 0 Å². The first-order valence-electron chi connectivity index (χ1n) is 6.32. The van der Waals surface area contributed by atoms with Crippen LogP contribution in [0.15, 0.2) is 18.2 Å². The molecule has 0 unspecified atom stereocenters. The van der Waals surface area contributed by atoms with Gasteiger partial charge in [-0.25, -0.2) is 0 Å². The predicted molar refractivity (Wildman–Crippen MR) is 75.1 cm³/mol. The Kier molecular flexibility index (Phi) is 4.11. The Bertz CT molecular complexity index is 442. The molecule has 0 saturated carbocycles. The van der Waals surface area contributed by atoms with E-state index in [0.717, 1.165) is 30.1 Å². The van der Waals surface area contributed by atoms with Gasteiger partial charge in [0.2, 0.25) is 0 Å². The van der Waals surface area contributed by atoms with Crippen LogP contribution in [0.1, 0.15) is 18.4 Å². The summed E-state index contributed by atoms with van der Waals surface area (Å²) in [5, 5.41) is 3.55. The van der Waals surface area contributed by atoms with E-state index in [1.807, 2.05) is 18.2 Å². The molecule has 1 fully saturated rings. The maximum atomic E-state index is 5.48. The van der Waals surface area contributed by atoms with E-state index in [-0.39, 0.29) is 0 Å². The lowest BCUT2D eigenvalue weighted by atomic mass is 10.0. The van der Waals surface area contributed by atoms with E-state index in [4.69, 9.17) is 11.2 Å². The number of likely N-dealkylation sites (tertiary alicyclic amines) is 1. The second kappa shape index (κ2) is 5.79. The molecule has 1 aliphatic rings. The van der Waals surface area contributed by atoms with Crippen LogP contribution in [0.5, 0.6) is 5.75 Å². The minimum Gasteiger partial charge on any atom is -0.495 e. The lowest BCUT2D eigenvalue weighted by Crippen LogP contribution is -2.36. The average molecular weight is 244 g/mol. The Morgan fingerprint density at radius 1 is 1.39 bits per heavy atom. The van der Waals surface area contributed by atoms with Gasteiger partial charge in [-0.3, -0.25) is 0 Å². The molecule has 0 bridgehead atoms. The van der Waals surface area contributed by atoms with Crippen molar-refractivity contribution in [3.8, 4) is 18.1 Å². The van der Waals surface area contributed by atoms with Crippen molar-refractivity contribution in [2.45, 2.75) is 18.9 Å². The molecule has 3 nitrogen and oxygen atoms in total. The van der Waals surface area contributed by atoms with Gasteiger partial charge in [-0.05, 0) is 51.2 Å². The number of benzene rings is 1. The predicted octanol–water partition coefficient (Wildman–Crippen LogP) is 2.18. The second-order valence-corrected chi connectivity index (χ2v) is 4.78. The molecule has 0 aliphatic carbocycles. The normalized spacial score (nSPS) is 17.2. The van der Waals surface area contributed by atoms with Gasteiger partial charge in [-0.2, -0.15) is 0 Å². The highest BCUT2D eigenvalue weighted by molar-refractivity contribution is 5.56. The molecule has 3 heteroatoms. The number of hydrogen-bond acceptors (Lipinski definition) is 3. The van der Waals surface area contributed by atoms with Crippen LogP contribution in [-0.4, -0.2) is 38.2 Å². The summed E-state index contributed by atoms with van der Waals surface area (Å²) < 4.78 is 5.22. The number of nitrogens with zero attached hydrogens (tertiary/aromatic N) is 1. The molecule has 18 heavy (non-hydrogen) atoms. The van der Waals surface area contributed by atoms with Crippen molar-refractivity contribution in [2.24, 2.45) is 0 Å². The van der Waals surface area contributed by atoms with Crippen LogP contribution in [0.4, 0.5) is 5.69 Å². The molecular formula is C15H20N2O. The lowest BCUT2D eigenvalue weighted by Gasteiger charge is -2.30. The summed E-state index contributed by atoms with van der Waals surface area (Å²) in [5.74, 6) is 3.41. The fraction of sp³-hybridized carbons (Fsp3) is 0.467. The molecule has 0 radical (unpaired) electrons. The lowest BCUT2D eigenvalue weighted by molar-refractivity contribution is 0.264. The van der Waals surface area contributed by atoms with Gasteiger partial charge >= 0.3 is 0 Å². The van der Waals surface area contributed by atoms with Crippen LogP contribution >= 0.6 is 0 Å². The Morgan fingerprint density at radius 2 is 2.11 bits per heavy atom. The summed E-state index contributed by atoms with van der Waals surface area (Å²) in [5.41, 5.74) is 1.88. The number of terminal acetylenes is 1. The molecule has 1 aromatic carbocycles. The largest absolute Gasteiger partial charge is 0.495 e. The van der Waals surface area contributed by atoms with Crippen LogP contribution in [0.25, 0.3) is 0 Å².